The summed E-state index contributed by atoms with van der Waals surface area (Å²) < 4.78 is 1.46. The highest BCUT2D eigenvalue weighted by Crippen LogP contribution is 2.32. The molecule has 30 heavy (non-hydrogen) atoms. The van der Waals surface area contributed by atoms with Crippen LogP contribution < -0.4 is 5.56 Å². The van der Waals surface area contributed by atoms with Crippen LogP contribution in [0.4, 0.5) is 0 Å². The van der Waals surface area contributed by atoms with Crippen LogP contribution in [-0.2, 0) is 12.1 Å². The Bertz CT molecular complexity index is 1290. The Kier molecular flexibility index (Phi) is 4.63. The zero-order valence-corrected chi connectivity index (χ0v) is 17.1. The van der Waals surface area contributed by atoms with Gasteiger partial charge in [0, 0.05) is 17.3 Å². The average Bonchev–Trinajstić information content (AvgIpc) is 2.76. The van der Waals surface area contributed by atoms with Crippen LogP contribution in [0.5, 0.6) is 0 Å². The van der Waals surface area contributed by atoms with E-state index in [4.69, 9.17) is 0 Å². The van der Waals surface area contributed by atoms with Crippen LogP contribution in [0.1, 0.15) is 48.9 Å². The molecule has 1 N–H and O–H groups in total. The first-order valence-electron chi connectivity index (χ1n) is 10.6. The summed E-state index contributed by atoms with van der Waals surface area (Å²) in [7, 11) is 0. The Morgan fingerprint density at radius 3 is 2.50 bits per heavy atom. The van der Waals surface area contributed by atoms with E-state index >= 15 is 0 Å². The van der Waals surface area contributed by atoms with Crippen LogP contribution >= 0.6 is 0 Å². The van der Waals surface area contributed by atoms with Crippen LogP contribution in [0.3, 0.4) is 0 Å². The number of nitrogens with zero attached hydrogens (tertiary/aromatic N) is 3. The number of hydrogen-bond donors (Lipinski definition) is 1. The Hall–Kier alpha value is -3.05. The molecule has 0 atom stereocenters. The zero-order chi connectivity index (χ0) is 20.7. The third-order valence-electron chi connectivity index (χ3n) is 6.32. The van der Waals surface area contributed by atoms with Crippen molar-refractivity contribution in [2.24, 2.45) is 0 Å². The molecule has 2 heterocycles. The average molecular weight is 399 g/mol. The minimum atomic E-state index is -1.14. The van der Waals surface area contributed by atoms with Crippen molar-refractivity contribution in [3.05, 3.63) is 82.2 Å². The molecule has 0 bridgehead atoms. The molecule has 0 amide bonds. The number of fused-ring (bicyclic) bond motifs is 3. The van der Waals surface area contributed by atoms with Crippen LogP contribution in [0.2, 0.25) is 0 Å². The number of hydrogen-bond acceptors (Lipinski definition) is 4. The standard InChI is InChI=1S/C25H25N3O2/c1-17-9-10-18(15-26-17)13-19-14-22-23(21-8-4-3-7-20(19)21)27-16-28(24(22)29)25(30)11-5-2-6-12-25/h3-4,7-10,14-16,30H,2,5-6,11-13H2,1H3. The molecule has 5 nitrogen and oxygen atoms in total. The van der Waals surface area contributed by atoms with Gasteiger partial charge < -0.3 is 5.11 Å². The van der Waals surface area contributed by atoms with Gasteiger partial charge in [0.15, 0.2) is 0 Å². The van der Waals surface area contributed by atoms with Crippen molar-refractivity contribution in [3.8, 4) is 0 Å². The molecule has 1 aliphatic rings. The van der Waals surface area contributed by atoms with Crippen molar-refractivity contribution >= 4 is 21.7 Å². The summed E-state index contributed by atoms with van der Waals surface area (Å²) in [6.45, 7) is 1.97. The lowest BCUT2D eigenvalue weighted by atomic mass is 9.91. The lowest BCUT2D eigenvalue weighted by Gasteiger charge is -2.33. The highest BCUT2D eigenvalue weighted by Gasteiger charge is 2.32. The minimum Gasteiger partial charge on any atom is -0.370 e. The molecule has 1 fully saturated rings. The van der Waals surface area contributed by atoms with Gasteiger partial charge in [-0.15, -0.1) is 0 Å². The highest BCUT2D eigenvalue weighted by molar-refractivity contribution is 6.06. The molecule has 4 aromatic rings. The quantitative estimate of drug-likeness (QED) is 0.517. The fraction of sp³-hybridized carbons (Fsp3) is 0.320. The van der Waals surface area contributed by atoms with Crippen molar-refractivity contribution in [2.75, 3.05) is 0 Å². The van der Waals surface area contributed by atoms with Crippen molar-refractivity contribution in [1.82, 2.24) is 14.5 Å². The van der Waals surface area contributed by atoms with E-state index in [0.717, 1.165) is 46.9 Å². The molecule has 2 aromatic heterocycles. The predicted octanol–water partition coefficient (Wildman–Crippen LogP) is 4.45. The summed E-state index contributed by atoms with van der Waals surface area (Å²) in [5.74, 6) is 0. The number of pyridine rings is 1. The van der Waals surface area contributed by atoms with Gasteiger partial charge >= 0.3 is 0 Å². The molecular weight excluding hydrogens is 374 g/mol. The number of rotatable bonds is 3. The van der Waals surface area contributed by atoms with E-state index in [1.54, 1.807) is 0 Å². The van der Waals surface area contributed by atoms with Gasteiger partial charge in [-0.25, -0.2) is 4.98 Å². The highest BCUT2D eigenvalue weighted by atomic mass is 16.3. The lowest BCUT2D eigenvalue weighted by molar-refractivity contribution is -0.0726. The number of aryl methyl sites for hydroxylation is 1. The summed E-state index contributed by atoms with van der Waals surface area (Å²) in [4.78, 5) is 22.5. The Labute approximate surface area is 175 Å². The van der Waals surface area contributed by atoms with Crippen LogP contribution in [0, 0.1) is 6.92 Å². The molecule has 1 aliphatic carbocycles. The second-order valence-corrected chi connectivity index (χ2v) is 8.42. The van der Waals surface area contributed by atoms with Gasteiger partial charge in [0.05, 0.1) is 10.9 Å². The Morgan fingerprint density at radius 2 is 1.77 bits per heavy atom. The van der Waals surface area contributed by atoms with E-state index in [-0.39, 0.29) is 5.56 Å². The summed E-state index contributed by atoms with van der Waals surface area (Å²) in [5, 5.41) is 13.8. The third-order valence-corrected chi connectivity index (χ3v) is 6.32. The first kappa shape index (κ1) is 18.9. The van der Waals surface area contributed by atoms with Crippen LogP contribution in [0.25, 0.3) is 21.7 Å². The maximum absolute atomic E-state index is 13.5. The molecule has 1 saturated carbocycles. The van der Waals surface area contributed by atoms with Gasteiger partial charge in [-0.2, -0.15) is 0 Å². The van der Waals surface area contributed by atoms with Crippen molar-refractivity contribution < 1.29 is 5.11 Å². The van der Waals surface area contributed by atoms with E-state index in [1.165, 1.54) is 10.9 Å². The van der Waals surface area contributed by atoms with E-state index in [0.29, 0.717) is 30.2 Å². The predicted molar refractivity (Wildman–Crippen MR) is 119 cm³/mol. The fourth-order valence-corrected chi connectivity index (χ4v) is 4.66. The smallest absolute Gasteiger partial charge is 0.263 e. The monoisotopic (exact) mass is 399 g/mol. The summed E-state index contributed by atoms with van der Waals surface area (Å²) >= 11 is 0. The molecule has 0 radical (unpaired) electrons. The fourth-order valence-electron chi connectivity index (χ4n) is 4.66. The first-order chi connectivity index (χ1) is 14.5. The Morgan fingerprint density at radius 1 is 1.00 bits per heavy atom. The van der Waals surface area contributed by atoms with Gasteiger partial charge in [0.1, 0.15) is 12.1 Å². The maximum Gasteiger partial charge on any atom is 0.263 e. The molecule has 152 valence electrons. The van der Waals surface area contributed by atoms with Crippen LogP contribution in [-0.4, -0.2) is 19.6 Å². The van der Waals surface area contributed by atoms with Crippen molar-refractivity contribution in [3.63, 3.8) is 0 Å². The molecule has 5 heteroatoms. The minimum absolute atomic E-state index is 0.168. The number of aliphatic hydroxyl groups is 1. The second kappa shape index (κ2) is 7.33. The topological polar surface area (TPSA) is 68.0 Å². The summed E-state index contributed by atoms with van der Waals surface area (Å²) in [6.07, 6.45) is 8.23. The van der Waals surface area contributed by atoms with Gasteiger partial charge in [0.25, 0.3) is 5.56 Å². The third kappa shape index (κ3) is 3.19. The van der Waals surface area contributed by atoms with E-state index < -0.39 is 5.72 Å². The van der Waals surface area contributed by atoms with E-state index in [1.807, 2.05) is 43.5 Å². The second-order valence-electron chi connectivity index (χ2n) is 8.42. The molecular formula is C25H25N3O2. The van der Waals surface area contributed by atoms with Crippen molar-refractivity contribution in [2.45, 2.75) is 51.2 Å². The van der Waals surface area contributed by atoms with Gasteiger partial charge in [0.2, 0.25) is 0 Å². The zero-order valence-electron chi connectivity index (χ0n) is 17.1. The SMILES string of the molecule is Cc1ccc(Cc2cc3c(=O)n(C4(O)CCCCC4)cnc3c3ccccc23)cn1. The summed E-state index contributed by atoms with van der Waals surface area (Å²) in [5.41, 5.74) is 2.53. The molecule has 0 unspecified atom stereocenters. The van der Waals surface area contributed by atoms with Gasteiger partial charge in [-0.1, -0.05) is 36.8 Å². The first-order valence-corrected chi connectivity index (χ1v) is 10.6. The maximum atomic E-state index is 13.5. The van der Waals surface area contributed by atoms with E-state index in [2.05, 4.69) is 22.1 Å². The largest absolute Gasteiger partial charge is 0.370 e. The van der Waals surface area contributed by atoms with Crippen LogP contribution in [0.15, 0.2) is 59.8 Å². The molecule has 2 aromatic carbocycles. The number of aromatic nitrogens is 3. The molecule has 5 rings (SSSR count). The number of benzene rings is 2. The molecule has 0 spiro atoms. The summed E-state index contributed by atoms with van der Waals surface area (Å²) in [6, 6.07) is 14.1. The molecule has 0 aliphatic heterocycles. The Balaban J connectivity index is 1.72. The van der Waals surface area contributed by atoms with Gasteiger partial charge in [-0.05, 0) is 67.7 Å². The lowest BCUT2D eigenvalue weighted by Crippen LogP contribution is -2.42. The normalized spacial score (nSPS) is 16.2. The molecule has 0 saturated heterocycles. The van der Waals surface area contributed by atoms with Gasteiger partial charge in [-0.3, -0.25) is 14.3 Å². The van der Waals surface area contributed by atoms with Crippen molar-refractivity contribution in [1.29, 1.82) is 0 Å². The van der Waals surface area contributed by atoms with E-state index in [9.17, 15) is 9.90 Å².